The van der Waals surface area contributed by atoms with E-state index in [9.17, 15) is 0 Å². The molecule has 4 rings (SSSR count). The van der Waals surface area contributed by atoms with Gasteiger partial charge in [-0.2, -0.15) is 4.98 Å². The molecule has 2 aliphatic rings. The van der Waals surface area contributed by atoms with Gasteiger partial charge in [-0.05, 0) is 38.5 Å². The fourth-order valence-corrected chi connectivity index (χ4v) is 4.96. The van der Waals surface area contributed by atoms with Crippen molar-refractivity contribution in [2.45, 2.75) is 64.0 Å². The highest BCUT2D eigenvalue weighted by Crippen LogP contribution is 2.36. The molecule has 25 heavy (non-hydrogen) atoms. The van der Waals surface area contributed by atoms with E-state index in [1.807, 2.05) is 24.5 Å². The van der Waals surface area contributed by atoms with Crippen molar-refractivity contribution in [2.75, 3.05) is 13.2 Å². The lowest BCUT2D eigenvalue weighted by molar-refractivity contribution is 0.0486. The summed E-state index contributed by atoms with van der Waals surface area (Å²) in [6.07, 6.45) is 9.37. The van der Waals surface area contributed by atoms with Crippen LogP contribution in [0.1, 0.15) is 72.1 Å². The molecule has 0 bridgehead atoms. The molecule has 2 fully saturated rings. The number of hydrogen-bond donors (Lipinski definition) is 1. The number of rotatable bonds is 6. The van der Waals surface area contributed by atoms with Crippen molar-refractivity contribution < 1.29 is 9.26 Å². The van der Waals surface area contributed by atoms with Gasteiger partial charge in [-0.15, -0.1) is 11.3 Å². The van der Waals surface area contributed by atoms with Gasteiger partial charge >= 0.3 is 0 Å². The average molecular weight is 362 g/mol. The minimum Gasteiger partial charge on any atom is -0.381 e. The molecular weight excluding hydrogens is 336 g/mol. The summed E-state index contributed by atoms with van der Waals surface area (Å²) in [7, 11) is 0. The van der Waals surface area contributed by atoms with Gasteiger partial charge in [-0.3, -0.25) is 0 Å². The molecule has 0 aromatic carbocycles. The van der Waals surface area contributed by atoms with Gasteiger partial charge < -0.3 is 14.6 Å². The van der Waals surface area contributed by atoms with E-state index in [4.69, 9.17) is 9.26 Å². The SMILES string of the molecule is Cc1noc(C(NCc2cnc(C3CCCC3)s2)C2CCOCC2)n1. The standard InChI is InChI=1S/C18H26N4O2S/c1-12-21-17(24-22-12)16(13-6-8-23-9-7-13)19-10-15-11-20-18(25-15)14-4-2-3-5-14/h11,13-14,16,19H,2-10H2,1H3. The molecular formula is C18H26N4O2S. The summed E-state index contributed by atoms with van der Waals surface area (Å²) in [5, 5.41) is 8.95. The predicted octanol–water partition coefficient (Wildman–Crippen LogP) is 3.75. The summed E-state index contributed by atoms with van der Waals surface area (Å²) in [4.78, 5) is 10.4. The monoisotopic (exact) mass is 362 g/mol. The third kappa shape index (κ3) is 4.10. The molecule has 0 radical (unpaired) electrons. The molecule has 136 valence electrons. The van der Waals surface area contributed by atoms with Crippen LogP contribution in [0.15, 0.2) is 10.7 Å². The van der Waals surface area contributed by atoms with E-state index >= 15 is 0 Å². The number of thiazole rings is 1. The summed E-state index contributed by atoms with van der Waals surface area (Å²) < 4.78 is 11.0. The van der Waals surface area contributed by atoms with E-state index in [2.05, 4.69) is 20.4 Å². The first-order valence-corrected chi connectivity index (χ1v) is 10.2. The van der Waals surface area contributed by atoms with E-state index in [-0.39, 0.29) is 6.04 Å². The Morgan fingerprint density at radius 2 is 2.04 bits per heavy atom. The summed E-state index contributed by atoms with van der Waals surface area (Å²) in [6.45, 7) is 4.28. The summed E-state index contributed by atoms with van der Waals surface area (Å²) in [6, 6.07) is 0.0853. The van der Waals surface area contributed by atoms with Crippen molar-refractivity contribution in [1.82, 2.24) is 20.4 Å². The van der Waals surface area contributed by atoms with Crippen LogP contribution in [-0.4, -0.2) is 28.3 Å². The van der Waals surface area contributed by atoms with E-state index in [0.717, 1.165) is 32.6 Å². The second-order valence-electron chi connectivity index (χ2n) is 7.13. The Bertz CT molecular complexity index is 674. The van der Waals surface area contributed by atoms with Crippen molar-refractivity contribution in [3.8, 4) is 0 Å². The van der Waals surface area contributed by atoms with Gasteiger partial charge in [0.15, 0.2) is 5.82 Å². The van der Waals surface area contributed by atoms with Crippen LogP contribution in [0.5, 0.6) is 0 Å². The zero-order valence-electron chi connectivity index (χ0n) is 14.7. The topological polar surface area (TPSA) is 73.1 Å². The first kappa shape index (κ1) is 17.1. The largest absolute Gasteiger partial charge is 0.381 e. The molecule has 1 saturated heterocycles. The first-order valence-electron chi connectivity index (χ1n) is 9.35. The third-order valence-electron chi connectivity index (χ3n) is 5.32. The Hall–Kier alpha value is -1.31. The van der Waals surface area contributed by atoms with Gasteiger partial charge in [-0.1, -0.05) is 18.0 Å². The molecule has 1 aliphatic heterocycles. The zero-order chi connectivity index (χ0) is 17.1. The highest BCUT2D eigenvalue weighted by molar-refractivity contribution is 7.11. The van der Waals surface area contributed by atoms with Gasteiger partial charge in [0.2, 0.25) is 5.89 Å². The number of nitrogens with one attached hydrogen (secondary N) is 1. The lowest BCUT2D eigenvalue weighted by Gasteiger charge is -2.28. The normalized spacial score (nSPS) is 21.0. The van der Waals surface area contributed by atoms with E-state index in [1.54, 1.807) is 0 Å². The maximum atomic E-state index is 5.51. The minimum atomic E-state index is 0.0853. The van der Waals surface area contributed by atoms with Crippen molar-refractivity contribution >= 4 is 11.3 Å². The number of ether oxygens (including phenoxy) is 1. The number of aryl methyl sites for hydroxylation is 1. The predicted molar refractivity (Wildman–Crippen MR) is 95.5 cm³/mol. The van der Waals surface area contributed by atoms with Gasteiger partial charge in [0.1, 0.15) is 0 Å². The van der Waals surface area contributed by atoms with Crippen molar-refractivity contribution in [3.63, 3.8) is 0 Å². The number of nitrogens with zero attached hydrogens (tertiary/aromatic N) is 3. The summed E-state index contributed by atoms with van der Waals surface area (Å²) >= 11 is 1.85. The first-order chi connectivity index (χ1) is 12.3. The maximum absolute atomic E-state index is 5.51. The Labute approximate surface area is 152 Å². The molecule has 0 amide bonds. The van der Waals surface area contributed by atoms with E-state index in [1.165, 1.54) is 35.6 Å². The van der Waals surface area contributed by atoms with Crippen LogP contribution < -0.4 is 5.32 Å². The van der Waals surface area contributed by atoms with Crippen molar-refractivity contribution in [1.29, 1.82) is 0 Å². The molecule has 3 heterocycles. The maximum Gasteiger partial charge on any atom is 0.244 e. The molecule has 2 aromatic rings. The van der Waals surface area contributed by atoms with E-state index in [0.29, 0.717) is 23.6 Å². The number of hydrogen-bond acceptors (Lipinski definition) is 7. The molecule has 1 unspecified atom stereocenters. The Balaban J connectivity index is 1.43. The van der Waals surface area contributed by atoms with Crippen LogP contribution in [-0.2, 0) is 11.3 Å². The van der Waals surface area contributed by atoms with Crippen LogP contribution in [0.25, 0.3) is 0 Å². The lowest BCUT2D eigenvalue weighted by Crippen LogP contribution is -2.32. The van der Waals surface area contributed by atoms with Gasteiger partial charge in [-0.25, -0.2) is 4.98 Å². The van der Waals surface area contributed by atoms with Gasteiger partial charge in [0, 0.05) is 36.8 Å². The molecule has 1 saturated carbocycles. The second-order valence-corrected chi connectivity index (χ2v) is 8.28. The molecule has 6 nitrogen and oxygen atoms in total. The second kappa shape index (κ2) is 7.93. The van der Waals surface area contributed by atoms with Gasteiger partial charge in [0.25, 0.3) is 0 Å². The molecule has 1 N–H and O–H groups in total. The Morgan fingerprint density at radius 3 is 2.76 bits per heavy atom. The lowest BCUT2D eigenvalue weighted by atomic mass is 9.91. The molecule has 7 heteroatoms. The molecule has 1 aliphatic carbocycles. The minimum absolute atomic E-state index is 0.0853. The smallest absolute Gasteiger partial charge is 0.244 e. The summed E-state index contributed by atoms with van der Waals surface area (Å²) in [5.74, 6) is 2.54. The number of aromatic nitrogens is 3. The summed E-state index contributed by atoms with van der Waals surface area (Å²) in [5.41, 5.74) is 0. The van der Waals surface area contributed by atoms with Crippen LogP contribution in [0.3, 0.4) is 0 Å². The highest BCUT2D eigenvalue weighted by atomic mass is 32.1. The molecule has 1 atom stereocenters. The van der Waals surface area contributed by atoms with Crippen LogP contribution >= 0.6 is 11.3 Å². The fraction of sp³-hybridized carbons (Fsp3) is 0.722. The highest BCUT2D eigenvalue weighted by Gasteiger charge is 2.29. The zero-order valence-corrected chi connectivity index (χ0v) is 15.6. The molecule has 0 spiro atoms. The molecule has 2 aromatic heterocycles. The van der Waals surface area contributed by atoms with Crippen molar-refractivity contribution in [3.05, 3.63) is 27.8 Å². The fourth-order valence-electron chi connectivity index (χ4n) is 3.92. The Morgan fingerprint density at radius 1 is 1.24 bits per heavy atom. The van der Waals surface area contributed by atoms with E-state index < -0.39 is 0 Å². The van der Waals surface area contributed by atoms with Crippen LogP contribution in [0.2, 0.25) is 0 Å². The van der Waals surface area contributed by atoms with Crippen LogP contribution in [0, 0.1) is 12.8 Å². The quantitative estimate of drug-likeness (QED) is 0.844. The van der Waals surface area contributed by atoms with Gasteiger partial charge in [0.05, 0.1) is 11.0 Å². The Kier molecular flexibility index (Phi) is 5.43. The van der Waals surface area contributed by atoms with Crippen molar-refractivity contribution in [2.24, 2.45) is 5.92 Å². The van der Waals surface area contributed by atoms with Crippen LogP contribution in [0.4, 0.5) is 0 Å². The average Bonchev–Trinajstić information content (AvgIpc) is 3.37. The third-order valence-corrected chi connectivity index (χ3v) is 6.48.